The lowest BCUT2D eigenvalue weighted by Crippen LogP contribution is -2.49. The van der Waals surface area contributed by atoms with Crippen LogP contribution in [0.2, 0.25) is 0 Å². The van der Waals surface area contributed by atoms with Crippen molar-refractivity contribution in [3.8, 4) is 0 Å². The molecule has 0 atom stereocenters. The fourth-order valence-electron chi connectivity index (χ4n) is 3.99. The van der Waals surface area contributed by atoms with E-state index in [4.69, 9.17) is 0 Å². The number of halogens is 3. The summed E-state index contributed by atoms with van der Waals surface area (Å²) in [6.07, 6.45) is -2.69. The van der Waals surface area contributed by atoms with Crippen molar-refractivity contribution < 1.29 is 26.4 Å². The molecule has 1 aliphatic rings. The maximum atomic E-state index is 13.0. The molecule has 0 aliphatic carbocycles. The zero-order chi connectivity index (χ0) is 25.1. The number of alkyl halides is 3. The minimum Gasteiger partial charge on any atom is -0.368 e. The lowest BCUT2D eigenvalue weighted by Gasteiger charge is -2.36. The fraction of sp³-hybridized carbons (Fsp3) is 0.458. The van der Waals surface area contributed by atoms with Gasteiger partial charge in [-0.2, -0.15) is 13.2 Å². The van der Waals surface area contributed by atoms with Crippen LogP contribution in [0.5, 0.6) is 0 Å². The van der Waals surface area contributed by atoms with Gasteiger partial charge in [-0.3, -0.25) is 9.10 Å². The Morgan fingerprint density at radius 3 is 2.26 bits per heavy atom. The van der Waals surface area contributed by atoms with Crippen molar-refractivity contribution in [1.29, 1.82) is 0 Å². The van der Waals surface area contributed by atoms with Crippen LogP contribution in [0.4, 0.5) is 24.5 Å². The normalized spacial score (nSPS) is 14.9. The molecule has 0 spiro atoms. The second kappa shape index (κ2) is 10.2. The molecule has 1 fully saturated rings. The van der Waals surface area contributed by atoms with E-state index in [1.807, 2.05) is 30.9 Å². The summed E-state index contributed by atoms with van der Waals surface area (Å²) in [5, 5.41) is 0. The smallest absolute Gasteiger partial charge is 0.368 e. The maximum Gasteiger partial charge on any atom is 0.416 e. The molecule has 0 aromatic heterocycles. The van der Waals surface area contributed by atoms with E-state index in [1.165, 1.54) is 10.4 Å². The Labute approximate surface area is 199 Å². The minimum atomic E-state index is -4.40. The molecule has 0 unspecified atom stereocenters. The first-order valence-corrected chi connectivity index (χ1v) is 13.0. The van der Waals surface area contributed by atoms with Gasteiger partial charge in [-0.15, -0.1) is 0 Å². The van der Waals surface area contributed by atoms with Gasteiger partial charge < -0.3 is 9.80 Å². The van der Waals surface area contributed by atoms with Gasteiger partial charge in [-0.05, 0) is 61.7 Å². The van der Waals surface area contributed by atoms with E-state index in [0.29, 0.717) is 44.0 Å². The molecule has 186 valence electrons. The Morgan fingerprint density at radius 2 is 1.68 bits per heavy atom. The summed E-state index contributed by atoms with van der Waals surface area (Å²) in [5.74, 6) is -0.0859. The highest BCUT2D eigenvalue weighted by atomic mass is 32.2. The van der Waals surface area contributed by atoms with Gasteiger partial charge in [0.2, 0.25) is 15.9 Å². The molecule has 2 aromatic rings. The SMILES string of the molecule is Cc1ccc(N(CCCC(=O)N2CCN(c3cccc(C(F)(F)F)c3)CC2)S(C)(=O)=O)cc1C. The minimum absolute atomic E-state index is 0.0859. The molecule has 2 aromatic carbocycles. The molecule has 0 saturated carbocycles. The lowest BCUT2D eigenvalue weighted by atomic mass is 10.1. The van der Waals surface area contributed by atoms with E-state index < -0.39 is 21.8 Å². The van der Waals surface area contributed by atoms with Gasteiger partial charge in [-0.1, -0.05) is 12.1 Å². The number of rotatable bonds is 7. The van der Waals surface area contributed by atoms with Crippen molar-refractivity contribution in [2.24, 2.45) is 0 Å². The van der Waals surface area contributed by atoms with Crippen molar-refractivity contribution in [3.05, 3.63) is 59.2 Å². The van der Waals surface area contributed by atoms with Crippen molar-refractivity contribution in [2.75, 3.05) is 48.2 Å². The molecule has 34 heavy (non-hydrogen) atoms. The molecule has 1 amide bonds. The molecule has 10 heteroatoms. The monoisotopic (exact) mass is 497 g/mol. The van der Waals surface area contributed by atoms with Crippen LogP contribution in [-0.4, -0.2) is 58.2 Å². The Balaban J connectivity index is 1.54. The van der Waals surface area contributed by atoms with Crippen LogP contribution in [-0.2, 0) is 21.0 Å². The van der Waals surface area contributed by atoms with Crippen LogP contribution in [0.25, 0.3) is 0 Å². The average molecular weight is 498 g/mol. The highest BCUT2D eigenvalue weighted by Gasteiger charge is 2.31. The number of hydrogen-bond donors (Lipinski definition) is 0. The maximum absolute atomic E-state index is 13.0. The largest absolute Gasteiger partial charge is 0.416 e. The predicted molar refractivity (Wildman–Crippen MR) is 128 cm³/mol. The highest BCUT2D eigenvalue weighted by molar-refractivity contribution is 7.92. The summed E-state index contributed by atoms with van der Waals surface area (Å²) in [7, 11) is -3.50. The van der Waals surface area contributed by atoms with Crippen molar-refractivity contribution in [3.63, 3.8) is 0 Å². The number of amides is 1. The Bertz CT molecular complexity index is 1130. The predicted octanol–water partition coefficient (Wildman–Crippen LogP) is 4.22. The zero-order valence-corrected chi connectivity index (χ0v) is 20.4. The summed E-state index contributed by atoms with van der Waals surface area (Å²) in [4.78, 5) is 16.2. The third-order valence-electron chi connectivity index (χ3n) is 6.10. The molecular formula is C24H30F3N3O3S. The number of nitrogens with zero attached hydrogens (tertiary/aromatic N) is 3. The molecule has 1 heterocycles. The molecule has 1 saturated heterocycles. The highest BCUT2D eigenvalue weighted by Crippen LogP contribution is 2.32. The summed E-state index contributed by atoms with van der Waals surface area (Å²) >= 11 is 0. The first-order chi connectivity index (χ1) is 15.9. The van der Waals surface area contributed by atoms with Crippen LogP contribution in [0.15, 0.2) is 42.5 Å². The van der Waals surface area contributed by atoms with Crippen LogP contribution in [0.3, 0.4) is 0 Å². The number of sulfonamides is 1. The van der Waals surface area contributed by atoms with Gasteiger partial charge in [0.25, 0.3) is 0 Å². The fourth-order valence-corrected chi connectivity index (χ4v) is 4.95. The summed E-state index contributed by atoms with van der Waals surface area (Å²) in [5.41, 5.74) is 2.42. The summed E-state index contributed by atoms with van der Waals surface area (Å²) < 4.78 is 64.9. The summed E-state index contributed by atoms with van der Waals surface area (Å²) in [6.45, 7) is 5.74. The van der Waals surface area contributed by atoms with E-state index in [-0.39, 0.29) is 18.9 Å². The Morgan fingerprint density at radius 1 is 1.00 bits per heavy atom. The van der Waals surface area contributed by atoms with E-state index >= 15 is 0 Å². The van der Waals surface area contributed by atoms with Gasteiger partial charge in [0.15, 0.2) is 0 Å². The van der Waals surface area contributed by atoms with Gasteiger partial charge in [-0.25, -0.2) is 8.42 Å². The van der Waals surface area contributed by atoms with Crippen molar-refractivity contribution in [1.82, 2.24) is 4.90 Å². The van der Waals surface area contributed by atoms with Crippen LogP contribution < -0.4 is 9.21 Å². The second-order valence-electron chi connectivity index (χ2n) is 8.62. The van der Waals surface area contributed by atoms with Crippen molar-refractivity contribution in [2.45, 2.75) is 32.9 Å². The second-order valence-corrected chi connectivity index (χ2v) is 10.5. The first-order valence-electron chi connectivity index (χ1n) is 11.1. The number of aryl methyl sites for hydroxylation is 2. The van der Waals surface area contributed by atoms with E-state index in [1.54, 1.807) is 17.0 Å². The topological polar surface area (TPSA) is 60.9 Å². The first kappa shape index (κ1) is 25.9. The molecular weight excluding hydrogens is 467 g/mol. The van der Waals surface area contributed by atoms with Crippen LogP contribution in [0, 0.1) is 13.8 Å². The number of carbonyl (C=O) groups excluding carboxylic acids is 1. The lowest BCUT2D eigenvalue weighted by molar-refractivity contribution is -0.137. The van der Waals surface area contributed by atoms with Gasteiger partial charge in [0.05, 0.1) is 17.5 Å². The third-order valence-corrected chi connectivity index (χ3v) is 7.30. The van der Waals surface area contributed by atoms with E-state index in [2.05, 4.69) is 0 Å². The number of benzene rings is 2. The molecule has 3 rings (SSSR count). The third kappa shape index (κ3) is 6.43. The van der Waals surface area contributed by atoms with Gasteiger partial charge in [0, 0.05) is 44.8 Å². The molecule has 6 nitrogen and oxygen atoms in total. The molecule has 0 N–H and O–H groups in total. The van der Waals surface area contributed by atoms with Gasteiger partial charge in [0.1, 0.15) is 0 Å². The van der Waals surface area contributed by atoms with E-state index in [0.717, 1.165) is 29.5 Å². The zero-order valence-electron chi connectivity index (χ0n) is 19.6. The molecule has 0 bridgehead atoms. The molecule has 0 radical (unpaired) electrons. The molecule has 1 aliphatic heterocycles. The van der Waals surface area contributed by atoms with Gasteiger partial charge >= 0.3 is 6.18 Å². The number of hydrogen-bond acceptors (Lipinski definition) is 4. The summed E-state index contributed by atoms with van der Waals surface area (Å²) in [6, 6.07) is 10.7. The Hall–Kier alpha value is -2.75. The number of anilines is 2. The average Bonchev–Trinajstić information content (AvgIpc) is 2.77. The van der Waals surface area contributed by atoms with Crippen LogP contribution in [0.1, 0.15) is 29.5 Å². The quantitative estimate of drug-likeness (QED) is 0.575. The standard InChI is InChI=1S/C24H30F3N3O3S/c1-18-9-10-22(16-19(18)2)30(34(3,32)33)11-5-8-23(31)29-14-12-28(13-15-29)21-7-4-6-20(17-21)24(25,26)27/h4,6-7,9-10,16-17H,5,8,11-15H2,1-3H3. The number of piperazine rings is 1. The van der Waals surface area contributed by atoms with Crippen LogP contribution >= 0.6 is 0 Å². The number of carbonyl (C=O) groups is 1. The van der Waals surface area contributed by atoms with E-state index in [9.17, 15) is 26.4 Å². The van der Waals surface area contributed by atoms with Crippen molar-refractivity contribution >= 4 is 27.3 Å². The Kier molecular flexibility index (Phi) is 7.80.